The number of allylic oxidation sites excluding steroid dienone is 4. The molecule has 0 heterocycles. The number of hydrogen-bond acceptors (Lipinski definition) is 0. The number of hydrogen-bond donors (Lipinski definition) is 0. The molecule has 0 bridgehead atoms. The molecule has 3 heteroatoms. The summed E-state index contributed by atoms with van der Waals surface area (Å²) in [6, 6.07) is 14.7. The minimum Gasteiger partial charge on any atom is -0.168 e. The molecule has 3 rings (SSSR count). The SMILES string of the molecule is CC1=CC[C-]=C1.[CH3-].[CH3-].[CH3-].[CH3-].[Si]=[Hf]=[Si].c1ccc2[cH-]ccc2c1. The molecule has 1 aliphatic rings. The van der Waals surface area contributed by atoms with Gasteiger partial charge in [0.2, 0.25) is 0 Å². The van der Waals surface area contributed by atoms with Crippen LogP contribution in [0.3, 0.4) is 0 Å². The smallest absolute Gasteiger partial charge is 0.0809 e. The summed E-state index contributed by atoms with van der Waals surface area (Å²) in [6.07, 6.45) is 8.24. The molecule has 0 unspecified atom stereocenters. The number of fused-ring (bicyclic) bond motifs is 1. The molecule has 2 aromatic rings. The van der Waals surface area contributed by atoms with Crippen LogP contribution < -0.4 is 0 Å². The van der Waals surface area contributed by atoms with E-state index in [1.807, 2.05) is 6.08 Å². The van der Waals surface area contributed by atoms with E-state index in [0.29, 0.717) is 0 Å². The fourth-order valence-electron chi connectivity index (χ4n) is 1.57. The zero-order chi connectivity index (χ0) is 13.2. The van der Waals surface area contributed by atoms with E-state index in [1.165, 1.54) is 16.3 Å². The third-order valence-corrected chi connectivity index (χ3v) is 2.42. The summed E-state index contributed by atoms with van der Waals surface area (Å²) < 4.78 is 0. The summed E-state index contributed by atoms with van der Waals surface area (Å²) in [5, 5.41) is 2.66. The fourth-order valence-corrected chi connectivity index (χ4v) is 1.57. The van der Waals surface area contributed by atoms with E-state index in [9.17, 15) is 0 Å². The first-order valence-electron chi connectivity index (χ1n) is 5.70. The van der Waals surface area contributed by atoms with Gasteiger partial charge in [0.05, 0.1) is 0 Å². The van der Waals surface area contributed by atoms with Gasteiger partial charge >= 0.3 is 34.0 Å². The van der Waals surface area contributed by atoms with Gasteiger partial charge in [-0.3, -0.25) is 6.08 Å². The van der Waals surface area contributed by atoms with Gasteiger partial charge in [0.25, 0.3) is 0 Å². The molecule has 0 amide bonds. The van der Waals surface area contributed by atoms with E-state index in [4.69, 9.17) is 0 Å². The van der Waals surface area contributed by atoms with Crippen LogP contribution in [0.4, 0.5) is 0 Å². The van der Waals surface area contributed by atoms with Crippen molar-refractivity contribution in [2.75, 3.05) is 0 Å². The third kappa shape index (κ3) is 12.2. The summed E-state index contributed by atoms with van der Waals surface area (Å²) >= 11 is -0.306. The van der Waals surface area contributed by atoms with Crippen LogP contribution in [0.25, 0.3) is 10.8 Å². The molecule has 1 aliphatic carbocycles. The van der Waals surface area contributed by atoms with Gasteiger partial charge in [-0.25, -0.2) is 11.6 Å². The fraction of sp³-hybridized carbons (Fsp3) is 0.105. The molecule has 0 N–H and O–H groups in total. The Balaban J connectivity index is -0.000000112. The average molecular weight is 489 g/mol. The molecule has 22 heavy (non-hydrogen) atoms. The normalized spacial score (nSPS) is 9.59. The Bertz CT molecular complexity index is 541. The number of rotatable bonds is 0. The molecule has 4 radical (unpaired) electrons. The summed E-state index contributed by atoms with van der Waals surface area (Å²) in [5.74, 6) is 0. The topological polar surface area (TPSA) is 0 Å². The van der Waals surface area contributed by atoms with Crippen LogP contribution in [0.15, 0.2) is 60.2 Å². The molecule has 0 fully saturated rings. The monoisotopic (exact) mass is 490 g/mol. The zero-order valence-electron chi connectivity index (χ0n) is 14.4. The van der Waals surface area contributed by atoms with Crippen molar-refractivity contribution in [3.63, 3.8) is 0 Å². The number of benzene rings is 1. The largest absolute Gasteiger partial charge is 0.168 e. The zero-order valence-corrected chi connectivity index (χ0v) is 20.0. The van der Waals surface area contributed by atoms with E-state index < -0.39 is 0 Å². The van der Waals surface area contributed by atoms with E-state index in [-0.39, 0.29) is 49.9 Å². The Hall–Kier alpha value is -0.386. The van der Waals surface area contributed by atoms with Crippen LogP contribution in [0.2, 0.25) is 0 Å². The molecule has 120 valence electrons. The minimum absolute atomic E-state index is 0. The molecule has 0 atom stereocenters. The first-order chi connectivity index (χ1) is 8.77. The van der Waals surface area contributed by atoms with Crippen molar-refractivity contribution in [3.8, 4) is 0 Å². The molecular weight excluding hydrogens is 463 g/mol. The van der Waals surface area contributed by atoms with Crippen molar-refractivity contribution in [2.24, 2.45) is 0 Å². The second-order valence-electron chi connectivity index (χ2n) is 3.78. The van der Waals surface area contributed by atoms with E-state index in [1.54, 1.807) is 0 Å². The molecular formula is C19H26HfSi2-6. The summed E-state index contributed by atoms with van der Waals surface area (Å²) in [4.78, 5) is 0. The van der Waals surface area contributed by atoms with Crippen LogP contribution in [0.1, 0.15) is 13.3 Å². The maximum atomic E-state index is 3.29. The predicted molar refractivity (Wildman–Crippen MR) is 103 cm³/mol. The maximum Gasteiger partial charge on any atom is -0.0809 e. The summed E-state index contributed by atoms with van der Waals surface area (Å²) in [7, 11) is 0. The Morgan fingerprint density at radius 3 is 2.05 bits per heavy atom. The van der Waals surface area contributed by atoms with Crippen molar-refractivity contribution in [1.82, 2.24) is 0 Å². The Labute approximate surface area is 153 Å². The van der Waals surface area contributed by atoms with Crippen LogP contribution in [-0.2, 0) is 20.2 Å². The van der Waals surface area contributed by atoms with Crippen molar-refractivity contribution in [3.05, 3.63) is 96.0 Å². The molecule has 2 aromatic carbocycles. The van der Waals surface area contributed by atoms with Crippen LogP contribution in [0, 0.1) is 35.8 Å². The molecule has 0 aliphatic heterocycles. The summed E-state index contributed by atoms with van der Waals surface area (Å²) in [5.41, 5.74) is 1.34. The van der Waals surface area contributed by atoms with Crippen molar-refractivity contribution >= 4 is 24.7 Å². The van der Waals surface area contributed by atoms with Gasteiger partial charge in [0, 0.05) is 0 Å². The van der Waals surface area contributed by atoms with Gasteiger partial charge in [0.15, 0.2) is 0 Å². The molecule has 0 saturated carbocycles. The summed E-state index contributed by atoms with van der Waals surface area (Å²) in [6.45, 7) is 8.67. The third-order valence-electron chi connectivity index (χ3n) is 2.42. The quantitative estimate of drug-likeness (QED) is 0.349. The van der Waals surface area contributed by atoms with Crippen LogP contribution in [0.5, 0.6) is 0 Å². The Kier molecular flexibility index (Phi) is 25.1. The van der Waals surface area contributed by atoms with Gasteiger partial charge in [-0.1, -0.05) is 6.07 Å². The Morgan fingerprint density at radius 1 is 1.05 bits per heavy atom. The van der Waals surface area contributed by atoms with Gasteiger partial charge < -0.3 is 29.7 Å². The van der Waals surface area contributed by atoms with Gasteiger partial charge in [-0.05, 0) is 0 Å². The van der Waals surface area contributed by atoms with E-state index in [0.717, 1.165) is 6.42 Å². The molecule has 0 saturated heterocycles. The molecule has 0 aromatic heterocycles. The van der Waals surface area contributed by atoms with Crippen molar-refractivity contribution < 1.29 is 20.2 Å². The predicted octanol–water partition coefficient (Wildman–Crippen LogP) is 5.29. The average Bonchev–Trinajstić information content (AvgIpc) is 3.01. The van der Waals surface area contributed by atoms with Gasteiger partial charge in [0.1, 0.15) is 0 Å². The first kappa shape index (κ1) is 29.6. The first-order valence-corrected chi connectivity index (χ1v) is 17.5. The van der Waals surface area contributed by atoms with Gasteiger partial charge in [-0.2, -0.15) is 23.6 Å². The Morgan fingerprint density at radius 2 is 1.64 bits per heavy atom. The van der Waals surface area contributed by atoms with E-state index >= 15 is 0 Å². The molecule has 0 spiro atoms. The van der Waals surface area contributed by atoms with Gasteiger partial charge in [-0.15, -0.1) is 43.0 Å². The second-order valence-corrected chi connectivity index (χ2v) is 12.9. The van der Waals surface area contributed by atoms with Crippen molar-refractivity contribution in [1.29, 1.82) is 0 Å². The minimum atomic E-state index is -0.306. The van der Waals surface area contributed by atoms with Crippen LogP contribution in [-0.4, -0.2) is 13.9 Å². The standard InChI is InChI=1S/C9H7.C6H7.4CH3.Hf.2Si/c1-2-5-9-7-3-6-8(9)4-1;1-6-4-2-3-5-6;;;;;;;/h1-7H;4-5H,2H2,1H3;4*1H3;;;/q6*-1;;;. The van der Waals surface area contributed by atoms with E-state index in [2.05, 4.69) is 75.4 Å². The molecule has 0 nitrogen and oxygen atoms in total. The van der Waals surface area contributed by atoms with Crippen molar-refractivity contribution in [2.45, 2.75) is 13.3 Å². The second kappa shape index (κ2) is 18.7. The van der Waals surface area contributed by atoms with Crippen LogP contribution >= 0.6 is 0 Å². The maximum absolute atomic E-state index is 3.29.